The summed E-state index contributed by atoms with van der Waals surface area (Å²) in [4.78, 5) is 3.90. The minimum absolute atomic E-state index is 0.122. The minimum Gasteiger partial charge on any atom is -0.630 e. The van der Waals surface area contributed by atoms with Crippen LogP contribution in [0.15, 0.2) is 36.5 Å². The summed E-state index contributed by atoms with van der Waals surface area (Å²) >= 11 is 0. The highest BCUT2D eigenvalue weighted by atomic mass is 19.4. The average Bonchev–Trinajstić information content (AvgIpc) is 2.46. The molecular weight excluding hydrogens is 285 g/mol. The van der Waals surface area contributed by atoms with Gasteiger partial charge in [-0.15, -0.1) is 0 Å². The number of quaternary nitrogens is 1. The second-order valence-corrected chi connectivity index (χ2v) is 4.09. The molecule has 0 saturated carbocycles. The first-order valence-corrected chi connectivity index (χ1v) is 5.73. The summed E-state index contributed by atoms with van der Waals surface area (Å²) in [6.07, 6.45) is -3.26. The highest BCUT2D eigenvalue weighted by Gasteiger charge is 2.33. The van der Waals surface area contributed by atoms with Gasteiger partial charge in [0.1, 0.15) is 11.5 Å². The molecule has 0 radical (unpaired) electrons. The molecular formula is C13H9F3N4O. The maximum atomic E-state index is 12.8. The molecule has 108 valence electrons. The number of nitrogens with zero attached hydrogens (tertiary/aromatic N) is 2. The van der Waals surface area contributed by atoms with E-state index in [9.17, 15) is 18.4 Å². The molecule has 1 aromatic carbocycles. The van der Waals surface area contributed by atoms with Gasteiger partial charge in [0.25, 0.3) is 0 Å². The maximum Gasteiger partial charge on any atom is 0.417 e. The molecule has 2 aromatic rings. The van der Waals surface area contributed by atoms with Crippen LogP contribution in [-0.4, -0.2) is 4.98 Å². The number of nitrogens with one attached hydrogen (secondary N) is 1. The van der Waals surface area contributed by atoms with Crippen molar-refractivity contribution in [2.24, 2.45) is 0 Å². The highest BCUT2D eigenvalue weighted by molar-refractivity contribution is 5.61. The lowest BCUT2D eigenvalue weighted by Gasteiger charge is -2.12. The molecule has 0 spiro atoms. The van der Waals surface area contributed by atoms with Crippen molar-refractivity contribution in [3.8, 4) is 6.07 Å². The van der Waals surface area contributed by atoms with Gasteiger partial charge in [0, 0.05) is 24.0 Å². The molecule has 0 unspecified atom stereocenters. The van der Waals surface area contributed by atoms with E-state index in [2.05, 4.69) is 10.3 Å². The maximum absolute atomic E-state index is 12.8. The molecule has 3 N–H and O–H groups in total. The Labute approximate surface area is 117 Å². The number of nitrogens with two attached hydrogens (primary N) is 1. The van der Waals surface area contributed by atoms with E-state index in [4.69, 9.17) is 5.26 Å². The Kier molecular flexibility index (Phi) is 4.07. The van der Waals surface area contributed by atoms with Crippen LogP contribution in [0.3, 0.4) is 0 Å². The molecule has 0 aliphatic carbocycles. The van der Waals surface area contributed by atoms with Gasteiger partial charge in [-0.2, -0.15) is 18.4 Å². The summed E-state index contributed by atoms with van der Waals surface area (Å²) < 4.78 is 38.5. The van der Waals surface area contributed by atoms with E-state index in [1.165, 1.54) is 30.5 Å². The predicted octanol–water partition coefficient (Wildman–Crippen LogP) is 2.41. The first-order chi connectivity index (χ1) is 9.94. The first kappa shape index (κ1) is 14.8. The van der Waals surface area contributed by atoms with Gasteiger partial charge in [0.15, 0.2) is 0 Å². The molecule has 0 amide bonds. The molecule has 21 heavy (non-hydrogen) atoms. The standard InChI is InChI=1S/C13H9F3N4O/c14-13(15,16)11-5-9(2-1-8(11)7-17)19-12-6-10(20-21)3-4-18-12/h1-6H,20H2,(H,18,19). The Bertz CT molecular complexity index is 695. The molecule has 8 heteroatoms. The third-order valence-electron chi connectivity index (χ3n) is 2.64. The fourth-order valence-electron chi connectivity index (χ4n) is 1.69. The molecule has 1 aromatic heterocycles. The number of pyridine rings is 1. The van der Waals surface area contributed by atoms with Crippen molar-refractivity contribution in [1.29, 1.82) is 5.26 Å². The zero-order valence-corrected chi connectivity index (χ0v) is 10.5. The van der Waals surface area contributed by atoms with E-state index < -0.39 is 17.3 Å². The molecule has 0 bridgehead atoms. The van der Waals surface area contributed by atoms with Gasteiger partial charge in [0.05, 0.1) is 17.2 Å². The zero-order chi connectivity index (χ0) is 15.5. The Morgan fingerprint density at radius 2 is 2.00 bits per heavy atom. The predicted molar refractivity (Wildman–Crippen MR) is 68.6 cm³/mol. The van der Waals surface area contributed by atoms with Crippen LogP contribution >= 0.6 is 0 Å². The van der Waals surface area contributed by atoms with Gasteiger partial charge in [-0.3, -0.25) is 0 Å². The highest BCUT2D eigenvalue weighted by Crippen LogP contribution is 2.34. The van der Waals surface area contributed by atoms with Crippen LogP contribution in [0.2, 0.25) is 0 Å². The Hall–Kier alpha value is -2.63. The second-order valence-electron chi connectivity index (χ2n) is 4.09. The molecule has 0 aliphatic rings. The quantitative estimate of drug-likeness (QED) is 0.851. The number of benzene rings is 1. The summed E-state index contributed by atoms with van der Waals surface area (Å²) in [5.74, 6) is 0.234. The fourth-order valence-corrected chi connectivity index (χ4v) is 1.69. The Morgan fingerprint density at radius 1 is 1.24 bits per heavy atom. The van der Waals surface area contributed by atoms with Gasteiger partial charge in [0.2, 0.25) is 0 Å². The lowest BCUT2D eigenvalue weighted by molar-refractivity contribution is -0.497. The van der Waals surface area contributed by atoms with Gasteiger partial charge >= 0.3 is 6.18 Å². The van der Waals surface area contributed by atoms with Crippen LogP contribution in [0.5, 0.6) is 0 Å². The number of hydrogen-bond acceptors (Lipinski definition) is 4. The average molecular weight is 294 g/mol. The van der Waals surface area contributed by atoms with Crippen LogP contribution < -0.4 is 10.8 Å². The van der Waals surface area contributed by atoms with E-state index in [1.807, 2.05) is 0 Å². The number of nitriles is 1. The van der Waals surface area contributed by atoms with Crippen molar-refractivity contribution in [3.63, 3.8) is 0 Å². The molecule has 2 rings (SSSR count). The molecule has 5 nitrogen and oxygen atoms in total. The van der Waals surface area contributed by atoms with Gasteiger partial charge in [-0.25, -0.2) is 4.98 Å². The first-order valence-electron chi connectivity index (χ1n) is 5.73. The number of aromatic nitrogens is 1. The number of alkyl halides is 3. The van der Waals surface area contributed by atoms with E-state index in [0.29, 0.717) is 11.2 Å². The lowest BCUT2D eigenvalue weighted by Crippen LogP contribution is -2.70. The van der Waals surface area contributed by atoms with Crippen molar-refractivity contribution in [3.05, 3.63) is 52.9 Å². The number of hydrogen-bond donors (Lipinski definition) is 2. The van der Waals surface area contributed by atoms with Crippen LogP contribution in [0.1, 0.15) is 11.1 Å². The third kappa shape index (κ3) is 3.47. The fraction of sp³-hybridized carbons (Fsp3) is 0.0769. The van der Waals surface area contributed by atoms with Crippen molar-refractivity contribution in [2.45, 2.75) is 6.18 Å². The van der Waals surface area contributed by atoms with Gasteiger partial charge < -0.3 is 16.0 Å². The van der Waals surface area contributed by atoms with Gasteiger partial charge in [-0.1, -0.05) is 0 Å². The van der Waals surface area contributed by atoms with Crippen molar-refractivity contribution in [1.82, 2.24) is 4.98 Å². The number of rotatable bonds is 3. The Balaban J connectivity index is 2.35. The monoisotopic (exact) mass is 294 g/mol. The van der Waals surface area contributed by atoms with Crippen LogP contribution in [-0.2, 0) is 6.18 Å². The normalized spacial score (nSPS) is 11.0. The van der Waals surface area contributed by atoms with Crippen molar-refractivity contribution in [2.75, 3.05) is 5.32 Å². The van der Waals surface area contributed by atoms with Crippen LogP contribution in [0.4, 0.5) is 30.4 Å². The largest absolute Gasteiger partial charge is 0.630 e. The molecule has 0 atom stereocenters. The molecule has 0 saturated heterocycles. The number of halogens is 3. The van der Waals surface area contributed by atoms with Crippen molar-refractivity contribution >= 4 is 17.2 Å². The minimum atomic E-state index is -4.62. The van der Waals surface area contributed by atoms with Crippen molar-refractivity contribution < 1.29 is 18.7 Å². The number of anilines is 2. The van der Waals surface area contributed by atoms with E-state index in [-0.39, 0.29) is 11.5 Å². The Morgan fingerprint density at radius 3 is 2.62 bits per heavy atom. The summed E-state index contributed by atoms with van der Waals surface area (Å²) in [6, 6.07) is 7.61. The van der Waals surface area contributed by atoms with Crippen LogP contribution in [0.25, 0.3) is 0 Å². The smallest absolute Gasteiger partial charge is 0.417 e. The van der Waals surface area contributed by atoms with E-state index in [1.54, 1.807) is 0 Å². The third-order valence-corrected chi connectivity index (χ3v) is 2.64. The molecule has 0 fully saturated rings. The summed E-state index contributed by atoms with van der Waals surface area (Å²) in [6.45, 7) is 0. The van der Waals surface area contributed by atoms with Crippen LogP contribution in [0, 0.1) is 16.5 Å². The summed E-state index contributed by atoms with van der Waals surface area (Å²) in [5, 5.41) is 22.0. The zero-order valence-electron chi connectivity index (χ0n) is 10.5. The van der Waals surface area contributed by atoms with Gasteiger partial charge in [-0.05, 0) is 18.2 Å². The summed E-state index contributed by atoms with van der Waals surface area (Å²) in [7, 11) is 0. The van der Waals surface area contributed by atoms with E-state index in [0.717, 1.165) is 12.1 Å². The summed E-state index contributed by atoms with van der Waals surface area (Å²) in [5.41, 5.74) is -0.412. The lowest BCUT2D eigenvalue weighted by atomic mass is 10.1. The topological polar surface area (TPSA) is 88.4 Å². The second kappa shape index (κ2) is 5.78. The molecule has 0 aliphatic heterocycles. The van der Waals surface area contributed by atoms with E-state index >= 15 is 0 Å². The SMILES string of the molecule is N#Cc1ccc(Nc2cc([NH2+][O-])ccn2)cc1C(F)(F)F. The molecule has 1 heterocycles.